The van der Waals surface area contributed by atoms with Gasteiger partial charge in [-0.25, -0.2) is 4.98 Å². The third kappa shape index (κ3) is 5.20. The Morgan fingerprint density at radius 1 is 1.00 bits per heavy atom. The number of rotatable bonds is 4. The number of aromatic nitrogens is 2. The first-order chi connectivity index (χ1) is 14.8. The smallest absolute Gasteiger partial charge is 0.253 e. The van der Waals surface area contributed by atoms with Crippen LogP contribution in [0.25, 0.3) is 11.3 Å². The van der Waals surface area contributed by atoms with Crippen molar-refractivity contribution in [2.24, 2.45) is 5.92 Å². The van der Waals surface area contributed by atoms with Gasteiger partial charge >= 0.3 is 0 Å². The average molecular weight is 423 g/mol. The first-order valence-electron chi connectivity index (χ1n) is 12.0. The molecule has 1 aliphatic heterocycles. The fourth-order valence-electron chi connectivity index (χ4n) is 4.92. The van der Waals surface area contributed by atoms with Crippen LogP contribution in [0.2, 0.25) is 0 Å². The molecule has 0 bridgehead atoms. The molecule has 0 radical (unpaired) electrons. The zero-order chi connectivity index (χ0) is 22.0. The Morgan fingerprint density at radius 3 is 2.26 bits per heavy atom. The zero-order valence-electron chi connectivity index (χ0n) is 19.7. The molecule has 5 nitrogen and oxygen atoms in total. The molecule has 0 N–H and O–H groups in total. The van der Waals surface area contributed by atoms with Crippen molar-refractivity contribution in [2.45, 2.75) is 64.8 Å². The molecule has 2 fully saturated rings. The highest BCUT2D eigenvalue weighted by atomic mass is 16.2. The van der Waals surface area contributed by atoms with E-state index in [-0.39, 0.29) is 11.3 Å². The van der Waals surface area contributed by atoms with Crippen LogP contribution in [0.1, 0.15) is 69.1 Å². The van der Waals surface area contributed by atoms with Crippen LogP contribution < -0.4 is 0 Å². The number of carbonyl (C=O) groups is 1. The third-order valence-corrected chi connectivity index (χ3v) is 6.85. The van der Waals surface area contributed by atoms with Crippen LogP contribution in [0.4, 0.5) is 0 Å². The first kappa shape index (κ1) is 22.1. The maximum absolute atomic E-state index is 12.9. The lowest BCUT2D eigenvalue weighted by molar-refractivity contribution is 0.0664. The number of piperazine rings is 1. The van der Waals surface area contributed by atoms with Gasteiger partial charge in [0, 0.05) is 55.5 Å². The highest BCUT2D eigenvalue weighted by Crippen LogP contribution is 2.30. The Balaban J connectivity index is 1.52. The quantitative estimate of drug-likeness (QED) is 0.710. The summed E-state index contributed by atoms with van der Waals surface area (Å²) in [6, 6.07) is 8.05. The van der Waals surface area contributed by atoms with E-state index in [1.54, 1.807) is 0 Å². The molecule has 2 heterocycles. The zero-order valence-corrected chi connectivity index (χ0v) is 19.7. The summed E-state index contributed by atoms with van der Waals surface area (Å²) in [5, 5.41) is 0. The summed E-state index contributed by atoms with van der Waals surface area (Å²) in [5.74, 6) is 2.06. The minimum Gasteiger partial charge on any atom is -0.336 e. The van der Waals surface area contributed by atoms with Crippen LogP contribution >= 0.6 is 0 Å². The molecular weight excluding hydrogens is 384 g/mol. The number of hydrogen-bond acceptors (Lipinski definition) is 3. The van der Waals surface area contributed by atoms with Gasteiger partial charge in [0.2, 0.25) is 0 Å². The molecule has 1 aromatic carbocycles. The van der Waals surface area contributed by atoms with E-state index < -0.39 is 0 Å². The predicted molar refractivity (Wildman–Crippen MR) is 126 cm³/mol. The molecule has 2 aliphatic rings. The molecule has 1 saturated heterocycles. The maximum Gasteiger partial charge on any atom is 0.253 e. The van der Waals surface area contributed by atoms with Gasteiger partial charge in [0.25, 0.3) is 5.91 Å². The molecule has 0 unspecified atom stereocenters. The molecule has 0 spiro atoms. The van der Waals surface area contributed by atoms with Gasteiger partial charge in [-0.15, -0.1) is 0 Å². The molecule has 1 saturated carbocycles. The van der Waals surface area contributed by atoms with Crippen LogP contribution in [0, 0.1) is 5.92 Å². The number of hydrogen-bond donors (Lipinski definition) is 0. The van der Waals surface area contributed by atoms with Gasteiger partial charge in [0.1, 0.15) is 5.82 Å². The van der Waals surface area contributed by atoms with Crippen molar-refractivity contribution in [1.29, 1.82) is 0 Å². The molecule has 1 aliphatic carbocycles. The number of likely N-dealkylation sites (N-methyl/N-ethyl adjacent to an activating group) is 1. The lowest BCUT2D eigenvalue weighted by Gasteiger charge is -2.32. The van der Waals surface area contributed by atoms with Crippen molar-refractivity contribution < 1.29 is 4.79 Å². The molecule has 5 heteroatoms. The van der Waals surface area contributed by atoms with E-state index in [9.17, 15) is 4.79 Å². The van der Waals surface area contributed by atoms with Gasteiger partial charge in [0.15, 0.2) is 0 Å². The highest BCUT2D eigenvalue weighted by Gasteiger charge is 2.25. The molecule has 1 aromatic heterocycles. The van der Waals surface area contributed by atoms with Crippen LogP contribution in [-0.2, 0) is 12.0 Å². The molecule has 168 valence electrons. The van der Waals surface area contributed by atoms with Gasteiger partial charge in [-0.05, 0) is 37.9 Å². The van der Waals surface area contributed by atoms with Crippen molar-refractivity contribution >= 4 is 5.91 Å². The second kappa shape index (κ2) is 9.15. The second-order valence-corrected chi connectivity index (χ2v) is 10.5. The maximum atomic E-state index is 12.9. The molecular formula is C26H38N4O. The second-order valence-electron chi connectivity index (χ2n) is 10.5. The molecule has 31 heavy (non-hydrogen) atoms. The van der Waals surface area contributed by atoms with Crippen LogP contribution in [0.15, 0.2) is 30.5 Å². The van der Waals surface area contributed by atoms with Gasteiger partial charge in [-0.3, -0.25) is 4.79 Å². The van der Waals surface area contributed by atoms with Gasteiger partial charge in [-0.2, -0.15) is 0 Å². The lowest BCUT2D eigenvalue weighted by atomic mass is 9.88. The fraction of sp³-hybridized carbons (Fsp3) is 0.615. The van der Waals surface area contributed by atoms with E-state index in [0.29, 0.717) is 0 Å². The summed E-state index contributed by atoms with van der Waals surface area (Å²) in [6.07, 6.45) is 9.00. The van der Waals surface area contributed by atoms with E-state index in [2.05, 4.69) is 55.6 Å². The SMILES string of the molecule is CN1CCN(C(=O)c2ccc(-c3cn(CC4CCCCC4)c(C(C)(C)C)n3)cc2)CC1. The van der Waals surface area contributed by atoms with E-state index in [0.717, 1.165) is 61.3 Å². The minimum absolute atomic E-state index is 0.00421. The Hall–Kier alpha value is -2.14. The Labute approximate surface area is 187 Å². The van der Waals surface area contributed by atoms with Gasteiger partial charge < -0.3 is 14.4 Å². The number of nitrogens with zero attached hydrogens (tertiary/aromatic N) is 4. The number of benzene rings is 1. The molecule has 4 rings (SSSR count). The van der Waals surface area contributed by atoms with Crippen molar-refractivity contribution in [2.75, 3.05) is 33.2 Å². The van der Waals surface area contributed by atoms with Crippen molar-refractivity contribution in [3.63, 3.8) is 0 Å². The standard InChI is InChI=1S/C26H38N4O/c1-26(2,3)25-27-23(19-30(25)18-20-8-6-5-7-9-20)21-10-12-22(13-11-21)24(31)29-16-14-28(4)15-17-29/h10-13,19-20H,5-9,14-18H2,1-4H3. The third-order valence-electron chi connectivity index (χ3n) is 6.85. The topological polar surface area (TPSA) is 41.4 Å². The van der Waals surface area contributed by atoms with Gasteiger partial charge in [0.05, 0.1) is 5.69 Å². The summed E-state index contributed by atoms with van der Waals surface area (Å²) in [7, 11) is 2.11. The summed E-state index contributed by atoms with van der Waals surface area (Å²) in [6.45, 7) is 11.3. The highest BCUT2D eigenvalue weighted by molar-refractivity contribution is 5.94. The van der Waals surface area contributed by atoms with Crippen molar-refractivity contribution in [3.05, 3.63) is 41.9 Å². The number of carbonyl (C=O) groups excluding carboxylic acids is 1. The van der Waals surface area contributed by atoms with E-state index in [1.165, 1.54) is 32.1 Å². The predicted octanol–water partition coefficient (Wildman–Crippen LogP) is 4.82. The Kier molecular flexibility index (Phi) is 6.52. The minimum atomic E-state index is 0.00421. The molecule has 2 aromatic rings. The van der Waals surface area contributed by atoms with Crippen molar-refractivity contribution in [3.8, 4) is 11.3 Å². The fourth-order valence-corrected chi connectivity index (χ4v) is 4.92. The van der Waals surface area contributed by atoms with Crippen LogP contribution in [-0.4, -0.2) is 58.5 Å². The summed E-state index contributed by atoms with van der Waals surface area (Å²) in [4.78, 5) is 22.1. The lowest BCUT2D eigenvalue weighted by Crippen LogP contribution is -2.47. The monoisotopic (exact) mass is 422 g/mol. The molecule has 1 amide bonds. The average Bonchev–Trinajstić information content (AvgIpc) is 3.19. The Bertz CT molecular complexity index is 879. The first-order valence-corrected chi connectivity index (χ1v) is 12.0. The summed E-state index contributed by atoms with van der Waals surface area (Å²) >= 11 is 0. The number of amides is 1. The van der Waals surface area contributed by atoms with Crippen LogP contribution in [0.5, 0.6) is 0 Å². The summed E-state index contributed by atoms with van der Waals surface area (Å²) in [5.41, 5.74) is 2.87. The normalized spacial score (nSPS) is 19.0. The summed E-state index contributed by atoms with van der Waals surface area (Å²) < 4.78 is 2.40. The Morgan fingerprint density at radius 2 is 1.65 bits per heavy atom. The molecule has 0 atom stereocenters. The largest absolute Gasteiger partial charge is 0.336 e. The number of imidazole rings is 1. The van der Waals surface area contributed by atoms with E-state index >= 15 is 0 Å². The van der Waals surface area contributed by atoms with Crippen LogP contribution in [0.3, 0.4) is 0 Å². The van der Waals surface area contributed by atoms with E-state index in [4.69, 9.17) is 4.98 Å². The van der Waals surface area contributed by atoms with E-state index in [1.807, 2.05) is 17.0 Å². The van der Waals surface area contributed by atoms with Crippen molar-refractivity contribution in [1.82, 2.24) is 19.4 Å². The van der Waals surface area contributed by atoms with Gasteiger partial charge in [-0.1, -0.05) is 52.2 Å².